The second-order valence-electron chi connectivity index (χ2n) is 5.54. The summed E-state index contributed by atoms with van der Waals surface area (Å²) in [5, 5.41) is 9.62. The molecule has 8 N–H and O–H groups in total. The van der Waals surface area contributed by atoms with Crippen molar-refractivity contribution >= 4 is 11.7 Å². The molecule has 0 bridgehead atoms. The maximum atomic E-state index is 11.9. The van der Waals surface area contributed by atoms with Crippen LogP contribution in [0.2, 0.25) is 0 Å². The largest absolute Gasteiger partial charge is 0.352 e. The van der Waals surface area contributed by atoms with E-state index >= 15 is 0 Å². The molecule has 0 aliphatic heterocycles. The molecule has 0 saturated heterocycles. The summed E-state index contributed by atoms with van der Waals surface area (Å²) < 4.78 is 0. The van der Waals surface area contributed by atoms with E-state index in [4.69, 9.17) is 11.6 Å². The minimum atomic E-state index is -0.116. The number of nitrogens with two attached hydrogens (primary N) is 2. The van der Waals surface area contributed by atoms with Crippen molar-refractivity contribution in [1.82, 2.24) is 20.9 Å². The summed E-state index contributed by atoms with van der Waals surface area (Å²) in [5.41, 5.74) is 8.38. The van der Waals surface area contributed by atoms with Crippen molar-refractivity contribution in [2.45, 2.75) is 25.7 Å². The van der Waals surface area contributed by atoms with Gasteiger partial charge in [0.15, 0.2) is 0 Å². The van der Waals surface area contributed by atoms with Gasteiger partial charge in [-0.25, -0.2) is 10.8 Å². The van der Waals surface area contributed by atoms with E-state index in [1.165, 1.54) is 6.20 Å². The number of pyridine rings is 1. The van der Waals surface area contributed by atoms with Crippen molar-refractivity contribution in [3.8, 4) is 0 Å². The third-order valence-electron chi connectivity index (χ3n) is 3.50. The van der Waals surface area contributed by atoms with Crippen LogP contribution in [-0.2, 0) is 0 Å². The molecular weight excluding hydrogens is 306 g/mol. The molecule has 0 spiro atoms. The zero-order valence-electron chi connectivity index (χ0n) is 14.3. The van der Waals surface area contributed by atoms with Crippen molar-refractivity contribution < 1.29 is 4.79 Å². The highest BCUT2D eigenvalue weighted by molar-refractivity contribution is 5.93. The van der Waals surface area contributed by atoms with E-state index in [0.29, 0.717) is 17.9 Å². The standard InChI is InChI=1S/C16H31N7O/c17-7-3-10-19-8-1-2-9-20-11-4-12-21-16(24)14-5-6-15(23-18)22-13-14/h5-6,13,19-20H,1-4,7-12,17-18H2,(H,21,24)(H,22,23). The lowest BCUT2D eigenvalue weighted by Gasteiger charge is -2.07. The van der Waals surface area contributed by atoms with Crippen LogP contribution in [0.4, 0.5) is 5.82 Å². The normalized spacial score (nSPS) is 10.6. The lowest BCUT2D eigenvalue weighted by atomic mass is 10.2. The number of amides is 1. The van der Waals surface area contributed by atoms with Gasteiger partial charge in [0.25, 0.3) is 5.91 Å². The highest BCUT2D eigenvalue weighted by atomic mass is 16.1. The first-order valence-corrected chi connectivity index (χ1v) is 8.60. The molecule has 0 fully saturated rings. The number of hydrogen-bond acceptors (Lipinski definition) is 7. The van der Waals surface area contributed by atoms with Gasteiger partial charge in [-0.3, -0.25) is 4.79 Å². The maximum Gasteiger partial charge on any atom is 0.252 e. The van der Waals surface area contributed by atoms with Gasteiger partial charge in [0.05, 0.1) is 5.56 Å². The molecule has 8 nitrogen and oxygen atoms in total. The molecule has 1 amide bonds. The van der Waals surface area contributed by atoms with Crippen LogP contribution in [0.3, 0.4) is 0 Å². The summed E-state index contributed by atoms with van der Waals surface area (Å²) in [4.78, 5) is 15.9. The zero-order chi connectivity index (χ0) is 17.5. The van der Waals surface area contributed by atoms with Gasteiger partial charge in [0.1, 0.15) is 5.82 Å². The van der Waals surface area contributed by atoms with Gasteiger partial charge in [-0.05, 0) is 70.5 Å². The van der Waals surface area contributed by atoms with Gasteiger partial charge < -0.3 is 27.1 Å². The molecule has 1 aromatic heterocycles. The van der Waals surface area contributed by atoms with Crippen LogP contribution < -0.4 is 33.0 Å². The number of unbranched alkanes of at least 4 members (excludes halogenated alkanes) is 1. The quantitative estimate of drug-likeness (QED) is 0.157. The molecule has 0 saturated carbocycles. The first kappa shape index (κ1) is 20.3. The summed E-state index contributed by atoms with van der Waals surface area (Å²) in [7, 11) is 0. The average molecular weight is 337 g/mol. The summed E-state index contributed by atoms with van der Waals surface area (Å²) in [5.74, 6) is 5.65. The topological polar surface area (TPSA) is 130 Å². The molecule has 0 aliphatic carbocycles. The van der Waals surface area contributed by atoms with E-state index in [2.05, 4.69) is 26.4 Å². The minimum Gasteiger partial charge on any atom is -0.352 e. The maximum absolute atomic E-state index is 11.9. The van der Waals surface area contributed by atoms with Crippen LogP contribution in [0.25, 0.3) is 0 Å². The van der Waals surface area contributed by atoms with E-state index < -0.39 is 0 Å². The number of anilines is 1. The van der Waals surface area contributed by atoms with E-state index in [1.54, 1.807) is 12.1 Å². The number of nitrogens with one attached hydrogen (secondary N) is 4. The summed E-state index contributed by atoms with van der Waals surface area (Å²) in [6.45, 7) is 5.34. The fraction of sp³-hybridized carbons (Fsp3) is 0.625. The Morgan fingerprint density at radius 3 is 2.21 bits per heavy atom. The number of rotatable bonds is 14. The van der Waals surface area contributed by atoms with Crippen LogP contribution in [0.1, 0.15) is 36.0 Å². The SMILES string of the molecule is NCCCNCCCCNCCCNC(=O)c1ccc(NN)nc1. The Balaban J connectivity index is 1.93. The van der Waals surface area contributed by atoms with Crippen molar-refractivity contribution in [1.29, 1.82) is 0 Å². The van der Waals surface area contributed by atoms with Gasteiger partial charge in [-0.2, -0.15) is 0 Å². The fourth-order valence-corrected chi connectivity index (χ4v) is 2.11. The van der Waals surface area contributed by atoms with Crippen LogP contribution in [-0.4, -0.2) is 50.2 Å². The van der Waals surface area contributed by atoms with Gasteiger partial charge in [-0.15, -0.1) is 0 Å². The number of carbonyl (C=O) groups is 1. The Morgan fingerprint density at radius 1 is 0.958 bits per heavy atom. The highest BCUT2D eigenvalue weighted by Crippen LogP contribution is 2.03. The smallest absolute Gasteiger partial charge is 0.252 e. The number of nitrogen functional groups attached to an aromatic ring is 1. The van der Waals surface area contributed by atoms with Crippen LogP contribution in [0.15, 0.2) is 18.3 Å². The van der Waals surface area contributed by atoms with Crippen molar-refractivity contribution in [2.75, 3.05) is 44.7 Å². The molecule has 1 heterocycles. The van der Waals surface area contributed by atoms with Crippen molar-refractivity contribution in [2.24, 2.45) is 11.6 Å². The first-order chi connectivity index (χ1) is 11.8. The average Bonchev–Trinajstić information content (AvgIpc) is 2.62. The predicted octanol–water partition coefficient (Wildman–Crippen LogP) is -0.205. The Kier molecular flexibility index (Phi) is 11.6. The molecule has 0 unspecified atom stereocenters. The molecular formula is C16H31N7O. The minimum absolute atomic E-state index is 0.116. The fourth-order valence-electron chi connectivity index (χ4n) is 2.11. The van der Waals surface area contributed by atoms with Gasteiger partial charge in [0, 0.05) is 12.7 Å². The first-order valence-electron chi connectivity index (χ1n) is 8.60. The van der Waals surface area contributed by atoms with E-state index in [0.717, 1.165) is 58.4 Å². The number of hydrazine groups is 1. The highest BCUT2D eigenvalue weighted by Gasteiger charge is 2.04. The van der Waals surface area contributed by atoms with Crippen LogP contribution in [0.5, 0.6) is 0 Å². The third-order valence-corrected chi connectivity index (χ3v) is 3.50. The number of hydrogen-bond donors (Lipinski definition) is 6. The van der Waals surface area contributed by atoms with E-state index in [9.17, 15) is 4.79 Å². The Morgan fingerprint density at radius 2 is 1.62 bits per heavy atom. The number of aromatic nitrogens is 1. The van der Waals surface area contributed by atoms with E-state index in [-0.39, 0.29) is 5.91 Å². The van der Waals surface area contributed by atoms with Crippen LogP contribution >= 0.6 is 0 Å². The second-order valence-corrected chi connectivity index (χ2v) is 5.54. The third kappa shape index (κ3) is 9.41. The molecule has 1 rings (SSSR count). The van der Waals surface area contributed by atoms with Gasteiger partial charge in [0.2, 0.25) is 0 Å². The number of carbonyl (C=O) groups excluding carboxylic acids is 1. The monoisotopic (exact) mass is 337 g/mol. The lowest BCUT2D eigenvalue weighted by Crippen LogP contribution is -2.28. The molecule has 1 aromatic rings. The van der Waals surface area contributed by atoms with Gasteiger partial charge >= 0.3 is 0 Å². The van der Waals surface area contributed by atoms with Gasteiger partial charge in [-0.1, -0.05) is 0 Å². The molecule has 0 aliphatic rings. The summed E-state index contributed by atoms with van der Waals surface area (Å²) >= 11 is 0. The Labute approximate surface area is 144 Å². The molecule has 0 radical (unpaired) electrons. The molecule has 0 atom stereocenters. The van der Waals surface area contributed by atoms with Crippen molar-refractivity contribution in [3.05, 3.63) is 23.9 Å². The van der Waals surface area contributed by atoms with Crippen LogP contribution in [0, 0.1) is 0 Å². The second kappa shape index (κ2) is 13.7. The zero-order valence-corrected chi connectivity index (χ0v) is 14.3. The summed E-state index contributed by atoms with van der Waals surface area (Å²) in [6, 6.07) is 3.36. The Hall–Kier alpha value is -1.74. The Bertz CT molecular complexity index is 439. The summed E-state index contributed by atoms with van der Waals surface area (Å²) in [6.07, 6.45) is 5.75. The van der Waals surface area contributed by atoms with Crippen molar-refractivity contribution in [3.63, 3.8) is 0 Å². The predicted molar refractivity (Wildman–Crippen MR) is 97.6 cm³/mol. The number of nitrogens with zero attached hydrogens (tertiary/aromatic N) is 1. The molecule has 8 heteroatoms. The molecule has 24 heavy (non-hydrogen) atoms. The lowest BCUT2D eigenvalue weighted by molar-refractivity contribution is 0.0953. The molecule has 136 valence electrons. The van der Waals surface area contributed by atoms with E-state index in [1.807, 2.05) is 0 Å². The molecule has 0 aromatic carbocycles.